The average Bonchev–Trinajstić information content (AvgIpc) is 3.08. The number of hydrogen-bond donors (Lipinski definition) is 1. The minimum absolute atomic E-state index is 0.0309. The number of halogens is 2. The van der Waals surface area contributed by atoms with Gasteiger partial charge in [0.05, 0.1) is 35.0 Å². The van der Waals surface area contributed by atoms with Crippen molar-refractivity contribution in [3.63, 3.8) is 0 Å². The molecule has 0 aliphatic carbocycles. The number of carbonyl (C=O) groups is 1. The number of carbonyl (C=O) groups excluding carboxylic acids is 1. The van der Waals surface area contributed by atoms with Crippen LogP contribution in [0.4, 0.5) is 15.9 Å². The van der Waals surface area contributed by atoms with Gasteiger partial charge < -0.3 is 19.5 Å². The molecule has 3 heterocycles. The number of benzene rings is 1. The largest absolute Gasteiger partial charge is 0.378 e. The van der Waals surface area contributed by atoms with Crippen LogP contribution in [0.3, 0.4) is 0 Å². The van der Waals surface area contributed by atoms with Crippen LogP contribution in [0.15, 0.2) is 36.7 Å². The van der Waals surface area contributed by atoms with Gasteiger partial charge >= 0.3 is 0 Å². The molecule has 0 radical (unpaired) electrons. The van der Waals surface area contributed by atoms with E-state index in [1.54, 1.807) is 17.0 Å². The Balaban J connectivity index is 1.75. The van der Waals surface area contributed by atoms with Gasteiger partial charge in [-0.2, -0.15) is 0 Å². The lowest BCUT2D eigenvalue weighted by molar-refractivity contribution is 0.0303. The van der Waals surface area contributed by atoms with E-state index in [-0.39, 0.29) is 16.6 Å². The number of nitrogens with zero attached hydrogens (tertiary/aromatic N) is 3. The zero-order valence-corrected chi connectivity index (χ0v) is 15.5. The minimum atomic E-state index is -0.543. The number of aryl methyl sites for hydroxylation is 1. The van der Waals surface area contributed by atoms with E-state index in [9.17, 15) is 9.18 Å². The fraction of sp³-hybridized carbons (Fsp3) is 0.263. The molecule has 1 saturated heterocycles. The fourth-order valence-electron chi connectivity index (χ4n) is 3.24. The molecular formula is C19H18ClFN4O2. The van der Waals surface area contributed by atoms with E-state index >= 15 is 0 Å². The summed E-state index contributed by atoms with van der Waals surface area (Å²) in [6.45, 7) is 2.17. The van der Waals surface area contributed by atoms with Gasteiger partial charge in [0.25, 0.3) is 5.91 Å². The number of fused-ring (bicyclic) bond motifs is 1. The third-order valence-corrected chi connectivity index (χ3v) is 4.93. The molecule has 2 aromatic heterocycles. The summed E-state index contributed by atoms with van der Waals surface area (Å²) in [6, 6.07) is 6.58. The van der Waals surface area contributed by atoms with Gasteiger partial charge in [0.15, 0.2) is 5.82 Å². The molecule has 6 nitrogen and oxygen atoms in total. The first-order chi connectivity index (χ1) is 13.1. The van der Waals surface area contributed by atoms with Crippen LogP contribution in [0.5, 0.6) is 0 Å². The van der Waals surface area contributed by atoms with Gasteiger partial charge in [-0.05, 0) is 18.2 Å². The van der Waals surface area contributed by atoms with Crippen molar-refractivity contribution < 1.29 is 13.9 Å². The second-order valence-electron chi connectivity index (χ2n) is 6.34. The minimum Gasteiger partial charge on any atom is -0.378 e. The number of morpholine rings is 1. The number of rotatable bonds is 3. The molecule has 3 aromatic rings. The van der Waals surface area contributed by atoms with Gasteiger partial charge in [-0.1, -0.05) is 17.7 Å². The predicted octanol–water partition coefficient (Wildman–Crippen LogP) is 3.58. The highest BCUT2D eigenvalue weighted by atomic mass is 35.5. The van der Waals surface area contributed by atoms with E-state index < -0.39 is 5.82 Å². The van der Waals surface area contributed by atoms with E-state index in [2.05, 4.69) is 10.3 Å². The van der Waals surface area contributed by atoms with Crippen LogP contribution < -0.4 is 5.32 Å². The van der Waals surface area contributed by atoms with Gasteiger partial charge in [0.2, 0.25) is 0 Å². The number of pyridine rings is 1. The molecular weight excluding hydrogens is 371 g/mol. The van der Waals surface area contributed by atoms with Crippen molar-refractivity contribution in [1.29, 1.82) is 0 Å². The van der Waals surface area contributed by atoms with E-state index in [0.29, 0.717) is 37.7 Å². The lowest BCUT2D eigenvalue weighted by atomic mass is 10.1. The van der Waals surface area contributed by atoms with E-state index in [0.717, 1.165) is 10.9 Å². The molecule has 1 aliphatic rings. The average molecular weight is 389 g/mol. The van der Waals surface area contributed by atoms with Gasteiger partial charge in [0, 0.05) is 37.9 Å². The molecule has 0 unspecified atom stereocenters. The first-order valence-corrected chi connectivity index (χ1v) is 8.96. The molecule has 0 saturated carbocycles. The van der Waals surface area contributed by atoms with Crippen LogP contribution in [-0.2, 0) is 11.8 Å². The summed E-state index contributed by atoms with van der Waals surface area (Å²) in [5, 5.41) is 3.75. The monoisotopic (exact) mass is 388 g/mol. The first kappa shape index (κ1) is 17.8. The number of aromatic nitrogens is 2. The third-order valence-electron chi connectivity index (χ3n) is 4.64. The summed E-state index contributed by atoms with van der Waals surface area (Å²) in [6.07, 6.45) is 3.38. The quantitative estimate of drug-likeness (QED) is 0.745. The summed E-state index contributed by atoms with van der Waals surface area (Å²) in [5.41, 5.74) is 1.48. The molecule has 27 heavy (non-hydrogen) atoms. The van der Waals surface area contributed by atoms with Gasteiger partial charge in [-0.15, -0.1) is 0 Å². The molecule has 1 amide bonds. The van der Waals surface area contributed by atoms with Crippen molar-refractivity contribution in [1.82, 2.24) is 14.5 Å². The van der Waals surface area contributed by atoms with E-state index in [4.69, 9.17) is 16.3 Å². The third kappa shape index (κ3) is 3.24. The summed E-state index contributed by atoms with van der Waals surface area (Å²) in [4.78, 5) is 19.1. The van der Waals surface area contributed by atoms with Crippen LogP contribution in [0.2, 0.25) is 5.02 Å². The molecule has 1 N–H and O–H groups in total. The predicted molar refractivity (Wildman–Crippen MR) is 102 cm³/mol. The summed E-state index contributed by atoms with van der Waals surface area (Å²) in [5.74, 6) is -0.165. The van der Waals surface area contributed by atoms with Crippen LogP contribution in [0, 0.1) is 5.82 Å². The van der Waals surface area contributed by atoms with Crippen molar-refractivity contribution >= 4 is 39.9 Å². The molecule has 0 bridgehead atoms. The number of ether oxygens (including phenoxy) is 1. The number of hydrogen-bond acceptors (Lipinski definition) is 4. The maximum Gasteiger partial charge on any atom is 0.257 e. The molecule has 140 valence electrons. The Hall–Kier alpha value is -2.64. The Morgan fingerprint density at radius 1 is 1.30 bits per heavy atom. The molecule has 1 aromatic carbocycles. The smallest absolute Gasteiger partial charge is 0.257 e. The Bertz CT molecular complexity index is 1010. The van der Waals surface area contributed by atoms with Crippen molar-refractivity contribution in [2.24, 2.45) is 7.05 Å². The summed E-state index contributed by atoms with van der Waals surface area (Å²) < 4.78 is 21.4. The van der Waals surface area contributed by atoms with Crippen LogP contribution in [0.1, 0.15) is 10.4 Å². The second-order valence-corrected chi connectivity index (χ2v) is 6.75. The molecule has 0 spiro atoms. The lowest BCUT2D eigenvalue weighted by Crippen LogP contribution is -2.40. The van der Waals surface area contributed by atoms with Gasteiger partial charge in [-0.25, -0.2) is 9.37 Å². The zero-order chi connectivity index (χ0) is 19.0. The summed E-state index contributed by atoms with van der Waals surface area (Å²) >= 11 is 5.86. The number of amides is 1. The highest BCUT2D eigenvalue weighted by Gasteiger charge is 2.23. The van der Waals surface area contributed by atoms with Gasteiger partial charge in [-0.3, -0.25) is 4.79 Å². The van der Waals surface area contributed by atoms with E-state index in [1.807, 2.05) is 23.9 Å². The van der Waals surface area contributed by atoms with Crippen LogP contribution in [-0.4, -0.2) is 46.7 Å². The summed E-state index contributed by atoms with van der Waals surface area (Å²) in [7, 11) is 1.86. The standard InChI is InChI=1S/C19H18ClFN4O2/c1-24-6-5-12-17(24)13(19(26)25-7-9-27-10-8-25)11-22-18(12)23-15-4-2-3-14(20)16(15)21/h2-6,11H,7-10H2,1H3,(H,22,23). The van der Waals surface area contributed by atoms with Crippen LogP contribution in [0.25, 0.3) is 10.9 Å². The highest BCUT2D eigenvalue weighted by Crippen LogP contribution is 2.31. The second kappa shape index (κ2) is 7.17. The Labute approximate surface area is 160 Å². The maximum absolute atomic E-state index is 14.2. The number of anilines is 2. The molecule has 1 fully saturated rings. The molecule has 0 atom stereocenters. The zero-order valence-electron chi connectivity index (χ0n) is 14.7. The maximum atomic E-state index is 14.2. The topological polar surface area (TPSA) is 59.4 Å². The molecule has 8 heteroatoms. The first-order valence-electron chi connectivity index (χ1n) is 8.58. The Morgan fingerprint density at radius 3 is 2.85 bits per heavy atom. The fourth-order valence-corrected chi connectivity index (χ4v) is 3.41. The number of nitrogens with one attached hydrogen (secondary N) is 1. The molecule has 1 aliphatic heterocycles. The van der Waals surface area contributed by atoms with Crippen molar-refractivity contribution in [2.75, 3.05) is 31.6 Å². The van der Waals surface area contributed by atoms with Crippen LogP contribution >= 0.6 is 11.6 Å². The van der Waals surface area contributed by atoms with E-state index in [1.165, 1.54) is 12.3 Å². The normalized spacial score (nSPS) is 14.6. The SMILES string of the molecule is Cn1ccc2c(Nc3cccc(Cl)c3F)ncc(C(=O)N3CCOCC3)c21. The van der Waals surface area contributed by atoms with Crippen molar-refractivity contribution in [2.45, 2.75) is 0 Å². The van der Waals surface area contributed by atoms with Gasteiger partial charge in [0.1, 0.15) is 5.82 Å². The molecule has 4 rings (SSSR count). The highest BCUT2D eigenvalue weighted by molar-refractivity contribution is 6.31. The van der Waals surface area contributed by atoms with Crippen molar-refractivity contribution in [3.05, 3.63) is 53.1 Å². The van der Waals surface area contributed by atoms with Crippen molar-refractivity contribution in [3.8, 4) is 0 Å². The Morgan fingerprint density at radius 2 is 2.07 bits per heavy atom. The lowest BCUT2D eigenvalue weighted by Gasteiger charge is -2.27. The Kier molecular flexibility index (Phi) is 4.72.